The highest BCUT2D eigenvalue weighted by Gasteiger charge is 2.44. The number of hydrogen-bond donors (Lipinski definition) is 2. The molecule has 10 heteroatoms. The molecule has 0 unspecified atom stereocenters. The molecule has 0 atom stereocenters. The van der Waals surface area contributed by atoms with Crippen LogP contribution in [0.4, 0.5) is 23.2 Å². The standard InChI is InChI=1S/C15H16BrF4N5/c16-9-7-10(17)8(15(18,19)20)6-11(9)25-13(22)23-12(21)24-14(25)4-2-1-3-5-14/h6-7H,1-5H2,(H4,21,22,23,24). The third kappa shape index (κ3) is 3.19. The Labute approximate surface area is 149 Å². The highest BCUT2D eigenvalue weighted by atomic mass is 79.9. The number of rotatable bonds is 1. The Hall–Kier alpha value is -1.84. The summed E-state index contributed by atoms with van der Waals surface area (Å²) in [7, 11) is 0. The molecule has 5 nitrogen and oxygen atoms in total. The molecule has 0 bridgehead atoms. The first-order chi connectivity index (χ1) is 11.6. The molecule has 0 radical (unpaired) electrons. The highest BCUT2D eigenvalue weighted by molar-refractivity contribution is 9.10. The monoisotopic (exact) mass is 421 g/mol. The van der Waals surface area contributed by atoms with Gasteiger partial charge in [0.1, 0.15) is 11.5 Å². The largest absolute Gasteiger partial charge is 0.419 e. The fourth-order valence-electron chi connectivity index (χ4n) is 3.40. The molecule has 1 spiro atoms. The average Bonchev–Trinajstić information content (AvgIpc) is 2.48. The Morgan fingerprint density at radius 3 is 2.36 bits per heavy atom. The van der Waals surface area contributed by atoms with E-state index in [0.29, 0.717) is 12.8 Å². The summed E-state index contributed by atoms with van der Waals surface area (Å²) in [5.74, 6) is -1.43. The number of nitrogens with two attached hydrogens (primary N) is 2. The van der Waals surface area contributed by atoms with Crippen molar-refractivity contribution < 1.29 is 17.6 Å². The Kier molecular flexibility index (Phi) is 4.42. The number of guanidine groups is 2. The number of halogens is 5. The molecule has 0 aromatic heterocycles. The quantitative estimate of drug-likeness (QED) is 0.678. The predicted molar refractivity (Wildman–Crippen MR) is 90.6 cm³/mol. The molecular formula is C15H16BrF4N5. The van der Waals surface area contributed by atoms with Gasteiger partial charge in [0.15, 0.2) is 0 Å². The lowest BCUT2D eigenvalue weighted by Gasteiger charge is -2.46. The lowest BCUT2D eigenvalue weighted by molar-refractivity contribution is -0.139. The van der Waals surface area contributed by atoms with Gasteiger partial charge < -0.3 is 11.5 Å². The van der Waals surface area contributed by atoms with Crippen LogP contribution in [0.3, 0.4) is 0 Å². The summed E-state index contributed by atoms with van der Waals surface area (Å²) in [4.78, 5) is 9.72. The van der Waals surface area contributed by atoms with Crippen molar-refractivity contribution in [2.75, 3.05) is 4.90 Å². The highest BCUT2D eigenvalue weighted by Crippen LogP contribution is 2.44. The second-order valence-electron chi connectivity index (χ2n) is 6.10. The van der Waals surface area contributed by atoms with Crippen LogP contribution in [-0.2, 0) is 6.18 Å². The van der Waals surface area contributed by atoms with Gasteiger partial charge >= 0.3 is 6.18 Å². The van der Waals surface area contributed by atoms with Crippen molar-refractivity contribution in [2.24, 2.45) is 21.5 Å². The average molecular weight is 422 g/mol. The van der Waals surface area contributed by atoms with Crippen LogP contribution >= 0.6 is 15.9 Å². The van der Waals surface area contributed by atoms with Crippen molar-refractivity contribution in [2.45, 2.75) is 43.9 Å². The van der Waals surface area contributed by atoms with Gasteiger partial charge in [0, 0.05) is 4.47 Å². The summed E-state index contributed by atoms with van der Waals surface area (Å²) in [5, 5.41) is 0. The van der Waals surface area contributed by atoms with Crippen molar-refractivity contribution in [3.8, 4) is 0 Å². The minimum absolute atomic E-state index is 0.00933. The van der Waals surface area contributed by atoms with E-state index in [1.54, 1.807) is 0 Å². The molecule has 1 saturated carbocycles. The van der Waals surface area contributed by atoms with Gasteiger partial charge in [-0.3, -0.25) is 4.90 Å². The van der Waals surface area contributed by atoms with Crippen molar-refractivity contribution in [3.63, 3.8) is 0 Å². The zero-order chi connectivity index (χ0) is 18.4. The van der Waals surface area contributed by atoms with Gasteiger partial charge in [-0.05, 0) is 53.7 Å². The van der Waals surface area contributed by atoms with Crippen LogP contribution in [-0.4, -0.2) is 17.6 Å². The molecule has 0 amide bonds. The number of anilines is 1. The third-order valence-electron chi connectivity index (χ3n) is 4.43. The van der Waals surface area contributed by atoms with E-state index in [1.807, 2.05) is 0 Å². The van der Waals surface area contributed by atoms with E-state index in [9.17, 15) is 17.6 Å². The predicted octanol–water partition coefficient (Wildman–Crippen LogP) is 3.72. The van der Waals surface area contributed by atoms with Crippen LogP contribution in [0.5, 0.6) is 0 Å². The fraction of sp³-hybridized carbons (Fsp3) is 0.467. The Morgan fingerprint density at radius 1 is 1.12 bits per heavy atom. The summed E-state index contributed by atoms with van der Waals surface area (Å²) in [6.45, 7) is 0. The smallest absolute Gasteiger partial charge is 0.369 e. The van der Waals surface area contributed by atoms with Crippen molar-refractivity contribution >= 4 is 33.5 Å². The first-order valence-corrected chi connectivity index (χ1v) is 8.49. The summed E-state index contributed by atoms with van der Waals surface area (Å²) in [6, 6.07) is 1.51. The molecule has 3 rings (SSSR count). The van der Waals surface area contributed by atoms with Crippen molar-refractivity contribution in [3.05, 3.63) is 28.0 Å². The Balaban J connectivity index is 2.18. The molecule has 25 heavy (non-hydrogen) atoms. The van der Waals surface area contributed by atoms with E-state index >= 15 is 0 Å². The maximum atomic E-state index is 13.8. The van der Waals surface area contributed by atoms with Crippen LogP contribution in [0.15, 0.2) is 26.6 Å². The summed E-state index contributed by atoms with van der Waals surface area (Å²) in [6.07, 6.45) is -1.06. The molecule has 1 aromatic carbocycles. The fourth-order valence-corrected chi connectivity index (χ4v) is 3.89. The Morgan fingerprint density at radius 2 is 1.76 bits per heavy atom. The second-order valence-corrected chi connectivity index (χ2v) is 6.95. The number of hydrogen-bond acceptors (Lipinski definition) is 5. The topological polar surface area (TPSA) is 80.0 Å². The van der Waals surface area contributed by atoms with Gasteiger partial charge in [0.25, 0.3) is 0 Å². The van der Waals surface area contributed by atoms with Crippen LogP contribution in [0.25, 0.3) is 0 Å². The molecule has 4 N–H and O–H groups in total. The number of nitrogens with zero attached hydrogens (tertiary/aromatic N) is 3. The minimum Gasteiger partial charge on any atom is -0.369 e. The van der Waals surface area contributed by atoms with E-state index in [1.165, 1.54) is 4.90 Å². The van der Waals surface area contributed by atoms with E-state index in [-0.39, 0.29) is 22.1 Å². The van der Waals surface area contributed by atoms with Gasteiger partial charge in [-0.2, -0.15) is 18.2 Å². The van der Waals surface area contributed by atoms with Crippen LogP contribution in [0.2, 0.25) is 0 Å². The molecule has 1 aliphatic carbocycles. The first kappa shape index (κ1) is 18.0. The molecule has 1 fully saturated rings. The maximum absolute atomic E-state index is 13.8. The number of benzene rings is 1. The Bertz CT molecular complexity index is 753. The molecule has 136 valence electrons. The van der Waals surface area contributed by atoms with E-state index in [4.69, 9.17) is 11.5 Å². The van der Waals surface area contributed by atoms with Gasteiger partial charge in [-0.1, -0.05) is 6.42 Å². The van der Waals surface area contributed by atoms with Gasteiger partial charge in [0.2, 0.25) is 11.9 Å². The van der Waals surface area contributed by atoms with Gasteiger partial charge in [-0.15, -0.1) is 0 Å². The zero-order valence-corrected chi connectivity index (χ0v) is 14.7. The molecule has 1 aliphatic heterocycles. The van der Waals surface area contributed by atoms with Crippen LogP contribution in [0.1, 0.15) is 37.7 Å². The summed E-state index contributed by atoms with van der Waals surface area (Å²) < 4.78 is 53.4. The number of aliphatic imine (C=N–C) groups is 2. The lowest BCUT2D eigenvalue weighted by Crippen LogP contribution is -2.58. The maximum Gasteiger partial charge on any atom is 0.419 e. The zero-order valence-electron chi connectivity index (χ0n) is 13.1. The van der Waals surface area contributed by atoms with E-state index < -0.39 is 23.2 Å². The van der Waals surface area contributed by atoms with Crippen molar-refractivity contribution in [1.29, 1.82) is 0 Å². The normalized spacial score (nSPS) is 20.4. The molecular weight excluding hydrogens is 406 g/mol. The summed E-state index contributed by atoms with van der Waals surface area (Å²) in [5.41, 5.74) is 9.52. The number of alkyl halides is 3. The minimum atomic E-state index is -4.83. The third-order valence-corrected chi connectivity index (χ3v) is 5.07. The molecule has 0 saturated heterocycles. The van der Waals surface area contributed by atoms with E-state index in [2.05, 4.69) is 25.9 Å². The second kappa shape index (κ2) is 6.15. The first-order valence-electron chi connectivity index (χ1n) is 7.70. The van der Waals surface area contributed by atoms with Gasteiger partial charge in [0.05, 0.1) is 11.3 Å². The molecule has 1 heterocycles. The van der Waals surface area contributed by atoms with Crippen molar-refractivity contribution in [1.82, 2.24) is 0 Å². The summed E-state index contributed by atoms with van der Waals surface area (Å²) >= 11 is 3.14. The van der Waals surface area contributed by atoms with Crippen LogP contribution < -0.4 is 16.4 Å². The molecule has 1 aromatic rings. The van der Waals surface area contributed by atoms with Crippen LogP contribution in [0, 0.1) is 5.82 Å². The SMILES string of the molecule is NC1=NC2(CCCCC2)N(c2cc(C(F)(F)F)c(F)cc2Br)C(N)=N1. The lowest BCUT2D eigenvalue weighted by atomic mass is 9.87. The van der Waals surface area contributed by atoms with E-state index in [0.717, 1.165) is 31.4 Å². The molecule has 2 aliphatic rings. The van der Waals surface area contributed by atoms with Gasteiger partial charge in [-0.25, -0.2) is 9.38 Å².